The van der Waals surface area contributed by atoms with E-state index >= 15 is 0 Å². The zero-order valence-electron chi connectivity index (χ0n) is 13.9. The van der Waals surface area contributed by atoms with Gasteiger partial charge in [-0.15, -0.1) is 0 Å². The Hall–Kier alpha value is -0.930. The smallest absolute Gasteiger partial charge is 0.0547 e. The van der Waals surface area contributed by atoms with E-state index in [0.29, 0.717) is 5.92 Å². The average Bonchev–Trinajstić information content (AvgIpc) is 2.86. The third kappa shape index (κ3) is 5.76. The highest BCUT2D eigenvalue weighted by molar-refractivity contribution is 5.11. The van der Waals surface area contributed by atoms with Gasteiger partial charge >= 0.3 is 0 Å². The van der Waals surface area contributed by atoms with E-state index in [2.05, 4.69) is 49.2 Å². The Morgan fingerprint density at radius 3 is 2.90 bits per heavy atom. The molecule has 1 saturated heterocycles. The Balaban J connectivity index is 1.81. The van der Waals surface area contributed by atoms with Crippen LogP contribution in [0.15, 0.2) is 18.2 Å². The maximum absolute atomic E-state index is 4.80. The highest BCUT2D eigenvalue weighted by Crippen LogP contribution is 2.22. The van der Waals surface area contributed by atoms with E-state index in [1.54, 1.807) is 0 Å². The van der Waals surface area contributed by atoms with Gasteiger partial charge in [-0.1, -0.05) is 33.3 Å². The second kappa shape index (κ2) is 8.50. The molecule has 21 heavy (non-hydrogen) atoms. The lowest BCUT2D eigenvalue weighted by Crippen LogP contribution is -2.22. The molecule has 0 aromatic carbocycles. The Bertz CT molecular complexity index is 417. The predicted octanol–water partition coefficient (Wildman–Crippen LogP) is 3.45. The number of nitrogens with one attached hydrogen (secondary N) is 1. The van der Waals surface area contributed by atoms with Crippen molar-refractivity contribution in [2.24, 2.45) is 11.8 Å². The Kier molecular flexibility index (Phi) is 6.65. The molecule has 0 amide bonds. The van der Waals surface area contributed by atoms with Gasteiger partial charge in [0, 0.05) is 19.6 Å². The second-order valence-electron chi connectivity index (χ2n) is 6.82. The van der Waals surface area contributed by atoms with E-state index in [-0.39, 0.29) is 0 Å². The van der Waals surface area contributed by atoms with Crippen LogP contribution in [-0.4, -0.2) is 29.5 Å². The molecule has 1 aromatic heterocycles. The quantitative estimate of drug-likeness (QED) is 0.794. The molecule has 3 nitrogen and oxygen atoms in total. The molecule has 0 aliphatic carbocycles. The van der Waals surface area contributed by atoms with Gasteiger partial charge < -0.3 is 5.32 Å². The van der Waals surface area contributed by atoms with Gasteiger partial charge in [-0.25, -0.2) is 0 Å². The lowest BCUT2D eigenvalue weighted by Gasteiger charge is -2.16. The first-order valence-electron chi connectivity index (χ1n) is 8.55. The van der Waals surface area contributed by atoms with Crippen LogP contribution in [0, 0.1) is 11.8 Å². The van der Waals surface area contributed by atoms with Crippen molar-refractivity contribution >= 4 is 0 Å². The molecule has 0 bridgehead atoms. The zero-order chi connectivity index (χ0) is 15.1. The van der Waals surface area contributed by atoms with Gasteiger partial charge in [0.15, 0.2) is 0 Å². The summed E-state index contributed by atoms with van der Waals surface area (Å²) in [4.78, 5) is 7.36. The van der Waals surface area contributed by atoms with Crippen LogP contribution in [0.25, 0.3) is 0 Å². The van der Waals surface area contributed by atoms with Crippen LogP contribution in [0.1, 0.15) is 51.4 Å². The van der Waals surface area contributed by atoms with E-state index in [4.69, 9.17) is 4.98 Å². The number of likely N-dealkylation sites (tertiary alicyclic amines) is 1. The van der Waals surface area contributed by atoms with Crippen molar-refractivity contribution in [3.05, 3.63) is 29.6 Å². The standard InChI is InChI=1S/C18H31N3/c1-4-6-16-9-10-21(13-16)14-18-8-5-7-17(20-18)12-19-11-15(2)3/h5,7-8,15-16,19H,4,6,9-14H2,1-3H3. The van der Waals surface area contributed by atoms with E-state index < -0.39 is 0 Å². The molecule has 0 saturated carbocycles. The molecule has 1 atom stereocenters. The van der Waals surface area contributed by atoms with Crippen LogP contribution in [0.5, 0.6) is 0 Å². The van der Waals surface area contributed by atoms with E-state index in [0.717, 1.165) is 31.2 Å². The Morgan fingerprint density at radius 1 is 1.33 bits per heavy atom. The highest BCUT2D eigenvalue weighted by atomic mass is 15.1. The molecular formula is C18H31N3. The topological polar surface area (TPSA) is 28.2 Å². The molecule has 0 radical (unpaired) electrons. The molecule has 1 aliphatic rings. The fourth-order valence-electron chi connectivity index (χ4n) is 3.13. The molecule has 2 rings (SSSR count). The van der Waals surface area contributed by atoms with Gasteiger partial charge in [0.25, 0.3) is 0 Å². The average molecular weight is 289 g/mol. The molecule has 118 valence electrons. The largest absolute Gasteiger partial charge is 0.311 e. The van der Waals surface area contributed by atoms with Crippen LogP contribution < -0.4 is 5.32 Å². The molecule has 1 unspecified atom stereocenters. The van der Waals surface area contributed by atoms with E-state index in [1.807, 2.05) is 0 Å². The van der Waals surface area contributed by atoms with Crippen molar-refractivity contribution < 1.29 is 0 Å². The third-order valence-corrected chi connectivity index (χ3v) is 4.18. The van der Waals surface area contributed by atoms with Crippen molar-refractivity contribution in [1.29, 1.82) is 0 Å². The summed E-state index contributed by atoms with van der Waals surface area (Å²) in [5, 5.41) is 3.47. The summed E-state index contributed by atoms with van der Waals surface area (Å²) in [7, 11) is 0. The van der Waals surface area contributed by atoms with Crippen molar-refractivity contribution in [3.63, 3.8) is 0 Å². The maximum Gasteiger partial charge on any atom is 0.0547 e. The van der Waals surface area contributed by atoms with E-state index in [9.17, 15) is 0 Å². The fraction of sp³-hybridized carbons (Fsp3) is 0.722. The summed E-state index contributed by atoms with van der Waals surface area (Å²) in [6.07, 6.45) is 4.06. The number of aromatic nitrogens is 1. The van der Waals surface area contributed by atoms with Crippen LogP contribution in [0.4, 0.5) is 0 Å². The predicted molar refractivity (Wildman–Crippen MR) is 89.1 cm³/mol. The minimum Gasteiger partial charge on any atom is -0.311 e. The molecule has 0 spiro atoms. The van der Waals surface area contributed by atoms with Crippen molar-refractivity contribution in [3.8, 4) is 0 Å². The summed E-state index contributed by atoms with van der Waals surface area (Å²) < 4.78 is 0. The molecule has 1 N–H and O–H groups in total. The number of rotatable bonds is 8. The van der Waals surface area contributed by atoms with Gasteiger partial charge in [0.05, 0.1) is 11.4 Å². The summed E-state index contributed by atoms with van der Waals surface area (Å²) in [6.45, 7) is 12.2. The molecule has 1 aliphatic heterocycles. The summed E-state index contributed by atoms with van der Waals surface area (Å²) >= 11 is 0. The van der Waals surface area contributed by atoms with Gasteiger partial charge in [0.1, 0.15) is 0 Å². The number of hydrogen-bond donors (Lipinski definition) is 1. The van der Waals surface area contributed by atoms with Crippen LogP contribution in [0.3, 0.4) is 0 Å². The first kappa shape index (κ1) is 16.4. The normalized spacial score (nSPS) is 19.5. The summed E-state index contributed by atoms with van der Waals surface area (Å²) in [5.74, 6) is 1.60. The van der Waals surface area contributed by atoms with Crippen molar-refractivity contribution in [2.75, 3.05) is 19.6 Å². The van der Waals surface area contributed by atoms with Gasteiger partial charge in [-0.3, -0.25) is 9.88 Å². The summed E-state index contributed by atoms with van der Waals surface area (Å²) in [5.41, 5.74) is 2.38. The molecule has 1 aromatic rings. The van der Waals surface area contributed by atoms with E-state index in [1.165, 1.54) is 38.0 Å². The maximum atomic E-state index is 4.80. The first-order chi connectivity index (χ1) is 10.2. The van der Waals surface area contributed by atoms with Gasteiger partial charge in [-0.05, 0) is 49.9 Å². The molecule has 2 heterocycles. The number of pyridine rings is 1. The lowest BCUT2D eigenvalue weighted by atomic mass is 10.0. The number of nitrogens with zero attached hydrogens (tertiary/aromatic N) is 2. The SMILES string of the molecule is CCCC1CCN(Cc2cccc(CNCC(C)C)n2)C1. The third-order valence-electron chi connectivity index (χ3n) is 4.18. The van der Waals surface area contributed by atoms with Crippen LogP contribution in [-0.2, 0) is 13.1 Å². The molecule has 1 fully saturated rings. The fourth-order valence-corrected chi connectivity index (χ4v) is 3.13. The minimum atomic E-state index is 0.688. The van der Waals surface area contributed by atoms with Gasteiger partial charge in [-0.2, -0.15) is 0 Å². The lowest BCUT2D eigenvalue weighted by molar-refractivity contribution is 0.309. The monoisotopic (exact) mass is 289 g/mol. The first-order valence-corrected chi connectivity index (χ1v) is 8.55. The zero-order valence-corrected chi connectivity index (χ0v) is 13.9. The van der Waals surface area contributed by atoms with Gasteiger partial charge in [0.2, 0.25) is 0 Å². The molecular weight excluding hydrogens is 258 g/mol. The Morgan fingerprint density at radius 2 is 2.14 bits per heavy atom. The summed E-state index contributed by atoms with van der Waals surface area (Å²) in [6, 6.07) is 6.44. The van der Waals surface area contributed by atoms with Crippen molar-refractivity contribution in [1.82, 2.24) is 15.2 Å². The highest BCUT2D eigenvalue weighted by Gasteiger charge is 2.21. The second-order valence-corrected chi connectivity index (χ2v) is 6.82. The number of hydrogen-bond acceptors (Lipinski definition) is 3. The Labute approximate surface area is 130 Å². The van der Waals surface area contributed by atoms with Crippen LogP contribution >= 0.6 is 0 Å². The minimum absolute atomic E-state index is 0.688. The molecule has 3 heteroatoms. The van der Waals surface area contributed by atoms with Crippen molar-refractivity contribution in [2.45, 2.75) is 53.1 Å². The van der Waals surface area contributed by atoms with Crippen LogP contribution in [0.2, 0.25) is 0 Å².